The number of carbonyl (C=O) groups is 1. The lowest BCUT2D eigenvalue weighted by Crippen LogP contribution is -2.01. The monoisotopic (exact) mass is 259 g/mol. The largest absolute Gasteiger partial charge is 0.494 e. The molecule has 0 N–H and O–H groups in total. The Bertz CT molecular complexity index is 515. The van der Waals surface area contributed by atoms with E-state index in [0.29, 0.717) is 11.3 Å². The molecule has 0 bridgehead atoms. The Morgan fingerprint density at radius 3 is 2.63 bits per heavy atom. The molecule has 0 saturated carbocycles. The standard InChI is InChI=1S/C15H17NO3/c1-3-4-9-18-13-7-5-12(6-8-13)10-14-11(2)16-19-15(14)17/h5-8,10H,3-4,9H2,1-2H3/b14-10-. The molecule has 1 heterocycles. The van der Waals surface area contributed by atoms with Crippen molar-refractivity contribution >= 4 is 17.8 Å². The van der Waals surface area contributed by atoms with Gasteiger partial charge in [-0.3, -0.25) is 0 Å². The lowest BCUT2D eigenvalue weighted by Gasteiger charge is -2.05. The van der Waals surface area contributed by atoms with E-state index in [1.807, 2.05) is 24.3 Å². The van der Waals surface area contributed by atoms with Crippen molar-refractivity contribution in [1.82, 2.24) is 0 Å². The summed E-state index contributed by atoms with van der Waals surface area (Å²) in [5.74, 6) is 0.441. The first-order chi connectivity index (χ1) is 9.20. The van der Waals surface area contributed by atoms with Gasteiger partial charge < -0.3 is 9.57 Å². The summed E-state index contributed by atoms with van der Waals surface area (Å²) in [4.78, 5) is 16.0. The van der Waals surface area contributed by atoms with Gasteiger partial charge >= 0.3 is 5.97 Å². The Morgan fingerprint density at radius 2 is 2.05 bits per heavy atom. The van der Waals surface area contributed by atoms with E-state index in [2.05, 4.69) is 16.9 Å². The minimum Gasteiger partial charge on any atom is -0.494 e. The quantitative estimate of drug-likeness (QED) is 0.463. The van der Waals surface area contributed by atoms with Crippen LogP contribution in [-0.2, 0) is 9.63 Å². The summed E-state index contributed by atoms with van der Waals surface area (Å²) in [7, 11) is 0. The van der Waals surface area contributed by atoms with Crippen LogP contribution in [0.3, 0.4) is 0 Å². The Balaban J connectivity index is 2.04. The van der Waals surface area contributed by atoms with Crippen LogP contribution in [0.2, 0.25) is 0 Å². The number of nitrogens with zero attached hydrogens (tertiary/aromatic N) is 1. The van der Waals surface area contributed by atoms with E-state index in [4.69, 9.17) is 4.74 Å². The molecule has 0 spiro atoms. The van der Waals surface area contributed by atoms with Gasteiger partial charge in [0.2, 0.25) is 0 Å². The smallest absolute Gasteiger partial charge is 0.367 e. The molecule has 1 aromatic rings. The number of ether oxygens (including phenoxy) is 1. The van der Waals surface area contributed by atoms with Gasteiger partial charge in [-0.25, -0.2) is 4.79 Å². The van der Waals surface area contributed by atoms with E-state index in [1.165, 1.54) is 0 Å². The second-order valence-corrected chi connectivity index (χ2v) is 4.38. The summed E-state index contributed by atoms with van der Waals surface area (Å²) >= 11 is 0. The number of carbonyl (C=O) groups excluding carboxylic acids is 1. The van der Waals surface area contributed by atoms with Crippen molar-refractivity contribution in [1.29, 1.82) is 0 Å². The Hall–Kier alpha value is -2.10. The van der Waals surface area contributed by atoms with Crippen LogP contribution in [0.4, 0.5) is 0 Å². The molecule has 4 heteroatoms. The molecule has 0 aliphatic carbocycles. The maximum atomic E-state index is 11.4. The van der Waals surface area contributed by atoms with Crippen molar-refractivity contribution in [2.24, 2.45) is 5.16 Å². The lowest BCUT2D eigenvalue weighted by molar-refractivity contribution is -0.136. The van der Waals surface area contributed by atoms with Crippen molar-refractivity contribution in [3.05, 3.63) is 35.4 Å². The van der Waals surface area contributed by atoms with E-state index in [-0.39, 0.29) is 0 Å². The van der Waals surface area contributed by atoms with Crippen molar-refractivity contribution in [2.45, 2.75) is 26.7 Å². The average Bonchev–Trinajstić information content (AvgIpc) is 2.73. The number of hydrogen-bond acceptors (Lipinski definition) is 4. The molecule has 4 nitrogen and oxygen atoms in total. The van der Waals surface area contributed by atoms with Crippen LogP contribution in [0.15, 0.2) is 35.0 Å². The number of hydrogen-bond donors (Lipinski definition) is 0. The van der Waals surface area contributed by atoms with Crippen molar-refractivity contribution in [3.63, 3.8) is 0 Å². The predicted octanol–water partition coefficient (Wildman–Crippen LogP) is 3.18. The fourth-order valence-electron chi connectivity index (χ4n) is 1.68. The van der Waals surface area contributed by atoms with Gasteiger partial charge in [-0.1, -0.05) is 30.6 Å². The molecule has 0 aromatic heterocycles. The fourth-order valence-corrected chi connectivity index (χ4v) is 1.68. The Kier molecular flexibility index (Phi) is 4.34. The average molecular weight is 259 g/mol. The predicted molar refractivity (Wildman–Crippen MR) is 74.0 cm³/mol. The highest BCUT2D eigenvalue weighted by molar-refractivity contribution is 6.24. The van der Waals surface area contributed by atoms with Crippen LogP contribution >= 0.6 is 0 Å². The van der Waals surface area contributed by atoms with Crippen LogP contribution in [0, 0.1) is 0 Å². The van der Waals surface area contributed by atoms with Crippen LogP contribution in [0.1, 0.15) is 32.3 Å². The fraction of sp³-hybridized carbons (Fsp3) is 0.333. The summed E-state index contributed by atoms with van der Waals surface area (Å²) < 4.78 is 5.58. The maximum Gasteiger partial charge on any atom is 0.367 e. The number of rotatable bonds is 5. The summed E-state index contributed by atoms with van der Waals surface area (Å²) in [5, 5.41) is 3.64. The summed E-state index contributed by atoms with van der Waals surface area (Å²) in [6.45, 7) is 4.61. The van der Waals surface area contributed by atoms with Crippen molar-refractivity contribution in [2.75, 3.05) is 6.61 Å². The molecule has 1 aliphatic heterocycles. The highest BCUT2D eigenvalue weighted by Gasteiger charge is 2.21. The first kappa shape index (κ1) is 13.3. The third-order valence-electron chi connectivity index (χ3n) is 2.83. The van der Waals surface area contributed by atoms with Gasteiger partial charge in [0.1, 0.15) is 5.75 Å². The van der Waals surface area contributed by atoms with Gasteiger partial charge in [0.05, 0.1) is 17.9 Å². The lowest BCUT2D eigenvalue weighted by atomic mass is 10.1. The van der Waals surface area contributed by atoms with E-state index in [1.54, 1.807) is 13.0 Å². The van der Waals surface area contributed by atoms with Crippen LogP contribution < -0.4 is 4.74 Å². The van der Waals surface area contributed by atoms with Gasteiger partial charge in [-0.2, -0.15) is 0 Å². The zero-order valence-electron chi connectivity index (χ0n) is 11.2. The first-order valence-corrected chi connectivity index (χ1v) is 6.41. The normalized spacial score (nSPS) is 16.4. The van der Waals surface area contributed by atoms with E-state index >= 15 is 0 Å². The summed E-state index contributed by atoms with van der Waals surface area (Å²) in [6.07, 6.45) is 3.93. The maximum absolute atomic E-state index is 11.4. The second-order valence-electron chi connectivity index (χ2n) is 4.38. The molecule has 2 rings (SSSR count). The van der Waals surface area contributed by atoms with Gasteiger partial charge in [-0.15, -0.1) is 0 Å². The molecule has 0 radical (unpaired) electrons. The summed E-state index contributed by atoms with van der Waals surface area (Å²) in [6, 6.07) is 7.62. The zero-order chi connectivity index (χ0) is 13.7. The Labute approximate surface area is 112 Å². The SMILES string of the molecule is CCCCOc1ccc(/C=C2\C(=O)ON=C2C)cc1. The second kappa shape index (κ2) is 6.18. The van der Waals surface area contributed by atoms with Crippen molar-refractivity contribution < 1.29 is 14.4 Å². The molecule has 1 aromatic carbocycles. The van der Waals surface area contributed by atoms with E-state index < -0.39 is 5.97 Å². The van der Waals surface area contributed by atoms with Gasteiger partial charge in [-0.05, 0) is 37.1 Å². The van der Waals surface area contributed by atoms with Crippen LogP contribution in [0.5, 0.6) is 5.75 Å². The molecular formula is C15H17NO3. The highest BCUT2D eigenvalue weighted by atomic mass is 16.7. The highest BCUT2D eigenvalue weighted by Crippen LogP contribution is 2.18. The molecule has 0 unspecified atom stereocenters. The molecule has 100 valence electrons. The summed E-state index contributed by atoms with van der Waals surface area (Å²) in [5.41, 5.74) is 2.03. The van der Waals surface area contributed by atoms with Gasteiger partial charge in [0.15, 0.2) is 0 Å². The molecule has 19 heavy (non-hydrogen) atoms. The van der Waals surface area contributed by atoms with E-state index in [9.17, 15) is 4.79 Å². The van der Waals surface area contributed by atoms with Crippen LogP contribution in [0.25, 0.3) is 6.08 Å². The number of unbranched alkanes of at least 4 members (excludes halogenated alkanes) is 1. The number of oxime groups is 1. The minimum absolute atomic E-state index is 0.402. The third-order valence-corrected chi connectivity index (χ3v) is 2.83. The van der Waals surface area contributed by atoms with E-state index in [0.717, 1.165) is 30.8 Å². The van der Waals surface area contributed by atoms with Gasteiger partial charge in [0.25, 0.3) is 0 Å². The first-order valence-electron chi connectivity index (χ1n) is 6.41. The molecule has 0 fully saturated rings. The molecule has 0 atom stereocenters. The molecule has 1 aliphatic rings. The molecule has 0 amide bonds. The zero-order valence-corrected chi connectivity index (χ0v) is 11.2. The topological polar surface area (TPSA) is 47.9 Å². The van der Waals surface area contributed by atoms with Crippen LogP contribution in [-0.4, -0.2) is 18.3 Å². The molecular weight excluding hydrogens is 242 g/mol. The molecule has 0 saturated heterocycles. The Morgan fingerprint density at radius 1 is 1.32 bits per heavy atom. The minimum atomic E-state index is -0.402. The van der Waals surface area contributed by atoms with Crippen molar-refractivity contribution in [3.8, 4) is 5.75 Å². The van der Waals surface area contributed by atoms with Gasteiger partial charge in [0, 0.05) is 0 Å². The number of benzene rings is 1. The third kappa shape index (κ3) is 3.44.